The fourth-order valence-electron chi connectivity index (χ4n) is 1.31. The van der Waals surface area contributed by atoms with Crippen LogP contribution in [0.25, 0.3) is 0 Å². The molecule has 1 aromatic carbocycles. The highest BCUT2D eigenvalue weighted by Gasteiger charge is 2.13. The van der Waals surface area contributed by atoms with E-state index in [1.54, 1.807) is 24.3 Å². The molecule has 0 unspecified atom stereocenters. The van der Waals surface area contributed by atoms with Gasteiger partial charge in [-0.3, -0.25) is 4.18 Å². The maximum Gasteiger partial charge on any atom is 0.296 e. The highest BCUT2D eigenvalue weighted by Crippen LogP contribution is 2.13. The van der Waals surface area contributed by atoms with Crippen molar-refractivity contribution in [1.82, 2.24) is 0 Å². The minimum absolute atomic E-state index is 0.217. The van der Waals surface area contributed by atoms with Crippen molar-refractivity contribution < 1.29 is 12.6 Å². The summed E-state index contributed by atoms with van der Waals surface area (Å²) in [6.45, 7) is 4.07. The Balaban J connectivity index is 2.54. The smallest absolute Gasteiger partial charge is 0.266 e. The number of benzene rings is 1. The van der Waals surface area contributed by atoms with Crippen molar-refractivity contribution in [1.29, 1.82) is 0 Å². The zero-order chi connectivity index (χ0) is 12.7. The molecular weight excluding hydrogens is 236 g/mol. The van der Waals surface area contributed by atoms with Crippen LogP contribution in [-0.2, 0) is 14.3 Å². The summed E-state index contributed by atoms with van der Waals surface area (Å²) >= 11 is 0. The van der Waals surface area contributed by atoms with Crippen molar-refractivity contribution in [3.05, 3.63) is 42.0 Å². The fraction of sp³-hybridized carbons (Fsp3) is 0.385. The molecule has 17 heavy (non-hydrogen) atoms. The van der Waals surface area contributed by atoms with E-state index in [1.807, 2.05) is 26.0 Å². The average molecular weight is 254 g/mol. The molecule has 0 N–H and O–H groups in total. The molecule has 0 heterocycles. The molecule has 0 aliphatic carbocycles. The van der Waals surface area contributed by atoms with Crippen molar-refractivity contribution >= 4 is 10.1 Å². The first-order valence-electron chi connectivity index (χ1n) is 5.63. The SMILES string of the molecule is CC=CCCCOS(=O)(=O)c1ccc(C)cc1. The summed E-state index contributed by atoms with van der Waals surface area (Å²) in [6, 6.07) is 6.65. The molecule has 0 aliphatic rings. The van der Waals surface area contributed by atoms with E-state index in [2.05, 4.69) is 0 Å². The normalized spacial score (nSPS) is 12.1. The minimum atomic E-state index is -3.59. The van der Waals surface area contributed by atoms with Crippen LogP contribution < -0.4 is 0 Å². The van der Waals surface area contributed by atoms with Gasteiger partial charge in [-0.05, 0) is 38.8 Å². The van der Waals surface area contributed by atoms with Crippen LogP contribution in [0.4, 0.5) is 0 Å². The second-order valence-corrected chi connectivity index (χ2v) is 5.42. The number of rotatable bonds is 6. The van der Waals surface area contributed by atoms with Gasteiger partial charge >= 0.3 is 0 Å². The molecule has 4 heteroatoms. The van der Waals surface area contributed by atoms with Crippen molar-refractivity contribution in [3.8, 4) is 0 Å². The second-order valence-electron chi connectivity index (χ2n) is 3.80. The summed E-state index contributed by atoms with van der Waals surface area (Å²) in [5.74, 6) is 0. The van der Waals surface area contributed by atoms with Crippen LogP contribution in [0.5, 0.6) is 0 Å². The van der Waals surface area contributed by atoms with Crippen molar-refractivity contribution in [2.24, 2.45) is 0 Å². The lowest BCUT2D eigenvalue weighted by Gasteiger charge is -2.05. The maximum absolute atomic E-state index is 11.7. The molecule has 1 rings (SSSR count). The van der Waals surface area contributed by atoms with Crippen LogP contribution in [-0.4, -0.2) is 15.0 Å². The molecule has 0 amide bonds. The van der Waals surface area contributed by atoms with Crippen LogP contribution in [0, 0.1) is 6.92 Å². The molecule has 0 saturated heterocycles. The van der Waals surface area contributed by atoms with Gasteiger partial charge in [0, 0.05) is 0 Å². The predicted molar refractivity (Wildman–Crippen MR) is 68.4 cm³/mol. The van der Waals surface area contributed by atoms with E-state index in [0.717, 1.165) is 12.0 Å². The van der Waals surface area contributed by atoms with Crippen LogP contribution >= 0.6 is 0 Å². The molecule has 0 atom stereocenters. The van der Waals surface area contributed by atoms with E-state index < -0.39 is 10.1 Å². The fourth-order valence-corrected chi connectivity index (χ4v) is 2.25. The number of hydrogen-bond acceptors (Lipinski definition) is 3. The highest BCUT2D eigenvalue weighted by atomic mass is 32.2. The summed E-state index contributed by atoms with van der Waals surface area (Å²) in [4.78, 5) is 0.217. The zero-order valence-electron chi connectivity index (χ0n) is 10.2. The minimum Gasteiger partial charge on any atom is -0.266 e. The van der Waals surface area contributed by atoms with Crippen LogP contribution in [0.3, 0.4) is 0 Å². The van der Waals surface area contributed by atoms with E-state index in [4.69, 9.17) is 4.18 Å². The highest BCUT2D eigenvalue weighted by molar-refractivity contribution is 7.86. The van der Waals surface area contributed by atoms with Gasteiger partial charge in [0.25, 0.3) is 10.1 Å². The Bertz CT molecular complexity index is 458. The number of aryl methyl sites for hydroxylation is 1. The van der Waals surface area contributed by atoms with Crippen molar-refractivity contribution in [2.75, 3.05) is 6.61 Å². The molecule has 0 saturated carbocycles. The third-order valence-electron chi connectivity index (χ3n) is 2.30. The largest absolute Gasteiger partial charge is 0.296 e. The van der Waals surface area contributed by atoms with Crippen molar-refractivity contribution in [2.45, 2.75) is 31.6 Å². The monoisotopic (exact) mass is 254 g/mol. The van der Waals surface area contributed by atoms with Gasteiger partial charge in [-0.25, -0.2) is 0 Å². The quantitative estimate of drug-likeness (QED) is 0.445. The first kappa shape index (κ1) is 13.9. The lowest BCUT2D eigenvalue weighted by molar-refractivity contribution is 0.313. The van der Waals surface area contributed by atoms with E-state index >= 15 is 0 Å². The van der Waals surface area contributed by atoms with Gasteiger partial charge in [-0.15, -0.1) is 0 Å². The summed E-state index contributed by atoms with van der Waals surface area (Å²) < 4.78 is 28.4. The van der Waals surface area contributed by atoms with Gasteiger partial charge in [-0.2, -0.15) is 8.42 Å². The number of hydrogen-bond donors (Lipinski definition) is 0. The lowest BCUT2D eigenvalue weighted by Crippen LogP contribution is -2.07. The Morgan fingerprint density at radius 3 is 2.47 bits per heavy atom. The molecule has 0 radical (unpaired) electrons. The van der Waals surface area contributed by atoms with E-state index in [9.17, 15) is 8.42 Å². The molecule has 94 valence electrons. The molecule has 3 nitrogen and oxygen atoms in total. The molecule has 1 aromatic rings. The van der Waals surface area contributed by atoms with E-state index in [1.165, 1.54) is 0 Å². The van der Waals surface area contributed by atoms with Gasteiger partial charge < -0.3 is 0 Å². The van der Waals surface area contributed by atoms with Gasteiger partial charge in [0.2, 0.25) is 0 Å². The average Bonchev–Trinajstić information content (AvgIpc) is 2.29. The molecular formula is C13H18O3S. The Morgan fingerprint density at radius 2 is 1.88 bits per heavy atom. The molecule has 0 spiro atoms. The number of unbranched alkanes of at least 4 members (excludes halogenated alkanes) is 1. The third kappa shape index (κ3) is 4.71. The Labute approximate surface area is 103 Å². The Morgan fingerprint density at radius 1 is 1.24 bits per heavy atom. The van der Waals surface area contributed by atoms with Gasteiger partial charge in [-0.1, -0.05) is 29.8 Å². The molecule has 0 bridgehead atoms. The van der Waals surface area contributed by atoms with Crippen LogP contribution in [0.15, 0.2) is 41.3 Å². The standard InChI is InChI=1S/C13H18O3S/c1-3-4-5-6-11-16-17(14,15)13-9-7-12(2)8-10-13/h3-4,7-10H,5-6,11H2,1-2H3. The first-order chi connectivity index (χ1) is 8.06. The van der Waals surface area contributed by atoms with E-state index in [-0.39, 0.29) is 11.5 Å². The maximum atomic E-state index is 11.7. The topological polar surface area (TPSA) is 43.4 Å². The Hall–Kier alpha value is -1.13. The Kier molecular flexibility index (Phi) is 5.38. The van der Waals surface area contributed by atoms with Crippen LogP contribution in [0.1, 0.15) is 25.3 Å². The van der Waals surface area contributed by atoms with E-state index in [0.29, 0.717) is 6.42 Å². The van der Waals surface area contributed by atoms with Gasteiger partial charge in [0.1, 0.15) is 0 Å². The van der Waals surface area contributed by atoms with Gasteiger partial charge in [0.05, 0.1) is 11.5 Å². The van der Waals surface area contributed by atoms with Gasteiger partial charge in [0.15, 0.2) is 0 Å². The first-order valence-corrected chi connectivity index (χ1v) is 7.04. The molecule has 0 aromatic heterocycles. The summed E-state index contributed by atoms with van der Waals surface area (Å²) in [7, 11) is -3.59. The third-order valence-corrected chi connectivity index (χ3v) is 3.63. The second kappa shape index (κ2) is 6.57. The predicted octanol–water partition coefficient (Wildman–Crippen LogP) is 3.06. The van der Waals surface area contributed by atoms with Crippen molar-refractivity contribution in [3.63, 3.8) is 0 Å². The summed E-state index contributed by atoms with van der Waals surface area (Å²) in [5.41, 5.74) is 1.03. The summed E-state index contributed by atoms with van der Waals surface area (Å²) in [6.07, 6.45) is 5.46. The molecule has 0 fully saturated rings. The zero-order valence-corrected chi connectivity index (χ0v) is 11.0. The summed E-state index contributed by atoms with van der Waals surface area (Å²) in [5, 5.41) is 0. The number of allylic oxidation sites excluding steroid dienone is 2. The lowest BCUT2D eigenvalue weighted by atomic mass is 10.2. The molecule has 0 aliphatic heterocycles. The van der Waals surface area contributed by atoms with Crippen LogP contribution in [0.2, 0.25) is 0 Å².